The molecule has 3 aliphatic heterocycles. The minimum absolute atomic E-state index is 0.475. The molecular weight excluding hydrogens is 434 g/mol. The van der Waals surface area contributed by atoms with E-state index in [1.807, 2.05) is 52.0 Å². The maximum atomic E-state index is 15.1. The summed E-state index contributed by atoms with van der Waals surface area (Å²) in [5, 5.41) is -0.172. The highest BCUT2D eigenvalue weighted by molar-refractivity contribution is 7.79. The van der Waals surface area contributed by atoms with E-state index in [4.69, 9.17) is 18.9 Å². The van der Waals surface area contributed by atoms with Crippen LogP contribution < -0.4 is 29.6 Å². The molecule has 8 heteroatoms. The SMILES string of the molecule is COc1cccc2c1[P@@]1(=O)[C@H](O2)[C@H]2Oc3cccc(OC)c3[P@]2(=O)C(C)(C)CC1(C)C. The van der Waals surface area contributed by atoms with Crippen molar-refractivity contribution in [3.05, 3.63) is 36.4 Å². The molecule has 0 N–H and O–H groups in total. The van der Waals surface area contributed by atoms with Crippen LogP contribution in [-0.2, 0) is 9.13 Å². The maximum absolute atomic E-state index is 15.1. The lowest BCUT2D eigenvalue weighted by atomic mass is 9.99. The smallest absolute Gasteiger partial charge is 0.199 e. The summed E-state index contributed by atoms with van der Waals surface area (Å²) in [6.45, 7) is 7.96. The summed E-state index contributed by atoms with van der Waals surface area (Å²) in [7, 11) is -3.45. The van der Waals surface area contributed by atoms with Gasteiger partial charge in [0.05, 0.1) is 24.8 Å². The van der Waals surface area contributed by atoms with Gasteiger partial charge in [-0.3, -0.25) is 0 Å². The Bertz CT molecular complexity index is 1090. The van der Waals surface area contributed by atoms with Crippen molar-refractivity contribution in [3.63, 3.8) is 0 Å². The Morgan fingerprint density at radius 2 is 1.16 bits per heavy atom. The number of hydrogen-bond donors (Lipinski definition) is 0. The molecule has 0 unspecified atom stereocenters. The van der Waals surface area contributed by atoms with E-state index in [0.717, 1.165) is 0 Å². The first-order valence-electron chi connectivity index (χ1n) is 10.4. The van der Waals surface area contributed by atoms with Gasteiger partial charge >= 0.3 is 0 Å². The molecule has 3 aliphatic rings. The van der Waals surface area contributed by atoms with E-state index in [-0.39, 0.29) is 0 Å². The summed E-state index contributed by atoms with van der Waals surface area (Å²) in [5.41, 5.74) is 0. The second-order valence-corrected chi connectivity index (χ2v) is 16.7. The van der Waals surface area contributed by atoms with Gasteiger partial charge in [-0.05, 0) is 30.7 Å². The van der Waals surface area contributed by atoms with Gasteiger partial charge < -0.3 is 28.1 Å². The van der Waals surface area contributed by atoms with Crippen molar-refractivity contribution < 1.29 is 28.1 Å². The first-order chi connectivity index (χ1) is 14.5. The Hall–Kier alpha value is -1.90. The second kappa shape index (κ2) is 6.33. The molecule has 0 radical (unpaired) electrons. The summed E-state index contributed by atoms with van der Waals surface area (Å²) in [4.78, 5) is 0. The van der Waals surface area contributed by atoms with Crippen molar-refractivity contribution in [1.82, 2.24) is 0 Å². The first-order valence-corrected chi connectivity index (χ1v) is 14.0. The Morgan fingerprint density at radius 3 is 1.52 bits per heavy atom. The first kappa shape index (κ1) is 21.0. The van der Waals surface area contributed by atoms with Gasteiger partial charge in [0.2, 0.25) is 0 Å². The number of rotatable bonds is 2. The zero-order valence-electron chi connectivity index (χ0n) is 18.7. The molecule has 31 heavy (non-hydrogen) atoms. The van der Waals surface area contributed by atoms with Crippen LogP contribution in [0.3, 0.4) is 0 Å². The Kier molecular flexibility index (Phi) is 4.28. The van der Waals surface area contributed by atoms with Gasteiger partial charge in [-0.15, -0.1) is 0 Å². The third kappa shape index (κ3) is 2.36. The molecular formula is C23H28O6P2. The molecule has 1 fully saturated rings. The molecule has 2 aromatic rings. The molecule has 3 heterocycles. The monoisotopic (exact) mass is 462 g/mol. The van der Waals surface area contributed by atoms with Crippen LogP contribution in [0.1, 0.15) is 34.1 Å². The molecule has 1 saturated heterocycles. The van der Waals surface area contributed by atoms with Crippen molar-refractivity contribution in [2.75, 3.05) is 14.2 Å². The van der Waals surface area contributed by atoms with Crippen molar-refractivity contribution in [3.8, 4) is 23.0 Å². The maximum Gasteiger partial charge on any atom is 0.199 e. The van der Waals surface area contributed by atoms with Crippen LogP contribution in [-0.4, -0.2) is 36.2 Å². The van der Waals surface area contributed by atoms with E-state index in [2.05, 4.69) is 0 Å². The van der Waals surface area contributed by atoms with E-state index in [1.54, 1.807) is 26.4 Å². The van der Waals surface area contributed by atoms with Crippen LogP contribution in [0.2, 0.25) is 0 Å². The van der Waals surface area contributed by atoms with Gasteiger partial charge in [-0.2, -0.15) is 0 Å². The average Bonchev–Trinajstić information content (AvgIpc) is 3.20. The van der Waals surface area contributed by atoms with Gasteiger partial charge in [0.1, 0.15) is 23.0 Å². The largest absolute Gasteiger partial charge is 0.496 e. The summed E-state index contributed by atoms with van der Waals surface area (Å²) in [6.07, 6.45) is 0.475. The fourth-order valence-electron chi connectivity index (χ4n) is 5.91. The van der Waals surface area contributed by atoms with Crippen molar-refractivity contribution in [2.24, 2.45) is 0 Å². The molecule has 166 valence electrons. The number of hydrogen-bond acceptors (Lipinski definition) is 6. The average molecular weight is 462 g/mol. The van der Waals surface area contributed by atoms with Crippen LogP contribution in [0.5, 0.6) is 23.0 Å². The molecule has 4 atom stereocenters. The number of benzene rings is 2. The van der Waals surface area contributed by atoms with Gasteiger partial charge in [0.15, 0.2) is 26.0 Å². The minimum atomic E-state index is -3.29. The predicted octanol–water partition coefficient (Wildman–Crippen LogP) is 4.78. The number of methoxy groups -OCH3 is 2. The van der Waals surface area contributed by atoms with E-state index >= 15 is 9.13 Å². The van der Waals surface area contributed by atoms with Crippen LogP contribution in [0, 0.1) is 0 Å². The highest BCUT2D eigenvalue weighted by atomic mass is 31.2. The normalized spacial score (nSPS) is 33.6. The van der Waals surface area contributed by atoms with E-state index in [1.165, 1.54) is 0 Å². The van der Waals surface area contributed by atoms with E-state index in [0.29, 0.717) is 40.0 Å². The van der Waals surface area contributed by atoms with Crippen molar-refractivity contribution in [1.29, 1.82) is 0 Å². The van der Waals surface area contributed by atoms with Gasteiger partial charge in [0, 0.05) is 10.3 Å². The fourth-order valence-corrected chi connectivity index (χ4v) is 14.8. The zero-order valence-corrected chi connectivity index (χ0v) is 20.5. The van der Waals surface area contributed by atoms with E-state index < -0.39 is 36.3 Å². The Morgan fingerprint density at radius 1 is 0.774 bits per heavy atom. The molecule has 2 aromatic carbocycles. The fraction of sp³-hybridized carbons (Fsp3) is 0.478. The lowest BCUT2D eigenvalue weighted by Gasteiger charge is -2.38. The lowest BCUT2D eigenvalue weighted by molar-refractivity contribution is 0.164. The van der Waals surface area contributed by atoms with Crippen LogP contribution >= 0.6 is 14.3 Å². The summed E-state index contributed by atoms with van der Waals surface area (Å²) in [6, 6.07) is 10.9. The molecule has 0 saturated carbocycles. The van der Waals surface area contributed by atoms with Gasteiger partial charge in [-0.1, -0.05) is 39.8 Å². The highest BCUT2D eigenvalue weighted by Crippen LogP contribution is 2.81. The standard InChI is InChI=1S/C23H28O6P2/c1-22(2)13-23(3,4)31(25)19-15(27-6)10-8-12-17(19)29-21(31)20-28-16-11-7-9-14(26-5)18(16)30(20,22)24/h7-12,20-21H,13H2,1-6H3/t20-,21-,30+,31+/m0/s1. The molecule has 0 spiro atoms. The van der Waals surface area contributed by atoms with Crippen molar-refractivity contribution >= 4 is 24.9 Å². The Balaban J connectivity index is 1.83. The topological polar surface area (TPSA) is 71.1 Å². The van der Waals surface area contributed by atoms with Gasteiger partial charge in [-0.25, -0.2) is 0 Å². The summed E-state index contributed by atoms with van der Waals surface area (Å²) in [5.74, 6) is 0.409. The third-order valence-corrected chi connectivity index (χ3v) is 15.7. The molecule has 5 rings (SSSR count). The second-order valence-electron chi connectivity index (χ2n) is 9.75. The Labute approximate surface area is 183 Å². The minimum Gasteiger partial charge on any atom is -0.496 e. The molecule has 6 nitrogen and oxygen atoms in total. The summed E-state index contributed by atoms with van der Waals surface area (Å²) < 4.78 is 54.2. The quantitative estimate of drug-likeness (QED) is 0.599. The molecule has 0 aliphatic carbocycles. The zero-order chi connectivity index (χ0) is 22.4. The van der Waals surface area contributed by atoms with Crippen LogP contribution in [0.4, 0.5) is 0 Å². The third-order valence-electron chi connectivity index (χ3n) is 7.15. The highest BCUT2D eigenvalue weighted by Gasteiger charge is 2.72. The van der Waals surface area contributed by atoms with Crippen LogP contribution in [0.25, 0.3) is 0 Å². The number of fused-ring (bicyclic) bond motifs is 7. The predicted molar refractivity (Wildman–Crippen MR) is 122 cm³/mol. The van der Waals surface area contributed by atoms with Crippen LogP contribution in [0.15, 0.2) is 36.4 Å². The van der Waals surface area contributed by atoms with Crippen molar-refractivity contribution in [2.45, 2.75) is 56.1 Å². The molecule has 0 amide bonds. The number of ether oxygens (including phenoxy) is 4. The summed E-state index contributed by atoms with van der Waals surface area (Å²) >= 11 is 0. The lowest BCUT2D eigenvalue weighted by Crippen LogP contribution is -2.36. The van der Waals surface area contributed by atoms with E-state index in [9.17, 15) is 0 Å². The molecule has 0 bridgehead atoms. The molecule has 0 aromatic heterocycles. The van der Waals surface area contributed by atoms with Gasteiger partial charge in [0.25, 0.3) is 0 Å².